The molecule has 0 unspecified atom stereocenters. The van der Waals surface area contributed by atoms with Gasteiger partial charge in [0.05, 0.1) is 18.9 Å². The van der Waals surface area contributed by atoms with Crippen molar-refractivity contribution in [3.63, 3.8) is 0 Å². The fourth-order valence-electron chi connectivity index (χ4n) is 2.30. The van der Waals surface area contributed by atoms with Crippen LogP contribution in [0.2, 0.25) is 0 Å². The number of nitrogens with one attached hydrogen (secondary N) is 2. The molecule has 134 valence electrons. The standard InChI is InChI=1S/C19H23BrN2O3/c1-3-24-17-10-9-14(13-18(17)25-4-2)11-12-21-19(23)22-16-8-6-5-7-15(16)20/h5-10,13H,3-4,11-12H2,1-2H3,(H2,21,22,23). The summed E-state index contributed by atoms with van der Waals surface area (Å²) >= 11 is 3.40. The van der Waals surface area contributed by atoms with Gasteiger partial charge in [0.15, 0.2) is 11.5 Å². The maximum absolute atomic E-state index is 12.0. The van der Waals surface area contributed by atoms with Gasteiger partial charge in [-0.25, -0.2) is 4.79 Å². The van der Waals surface area contributed by atoms with Crippen molar-refractivity contribution in [2.75, 3.05) is 25.1 Å². The minimum atomic E-state index is -0.233. The average molecular weight is 407 g/mol. The number of hydrogen-bond acceptors (Lipinski definition) is 3. The summed E-state index contributed by atoms with van der Waals surface area (Å²) in [5.41, 5.74) is 1.81. The normalized spacial score (nSPS) is 10.2. The van der Waals surface area contributed by atoms with Crippen LogP contribution in [0.5, 0.6) is 11.5 Å². The Hall–Kier alpha value is -2.21. The lowest BCUT2D eigenvalue weighted by Crippen LogP contribution is -2.30. The van der Waals surface area contributed by atoms with Crippen LogP contribution in [0.3, 0.4) is 0 Å². The Kier molecular flexibility index (Phi) is 7.60. The van der Waals surface area contributed by atoms with Crippen molar-refractivity contribution in [3.8, 4) is 11.5 Å². The van der Waals surface area contributed by atoms with Crippen LogP contribution in [0.25, 0.3) is 0 Å². The molecule has 0 saturated heterocycles. The lowest BCUT2D eigenvalue weighted by atomic mass is 10.1. The number of amides is 2. The fourth-order valence-corrected chi connectivity index (χ4v) is 2.68. The van der Waals surface area contributed by atoms with Crippen molar-refractivity contribution >= 4 is 27.6 Å². The van der Waals surface area contributed by atoms with Crippen molar-refractivity contribution in [2.24, 2.45) is 0 Å². The summed E-state index contributed by atoms with van der Waals surface area (Å²) in [6.45, 7) is 5.58. The number of carbonyl (C=O) groups is 1. The second-order valence-electron chi connectivity index (χ2n) is 5.26. The molecule has 0 aliphatic rings. The van der Waals surface area contributed by atoms with Crippen molar-refractivity contribution in [2.45, 2.75) is 20.3 Å². The maximum Gasteiger partial charge on any atom is 0.319 e. The highest BCUT2D eigenvalue weighted by Gasteiger charge is 2.07. The Bertz CT molecular complexity index is 707. The first kappa shape index (κ1) is 19.1. The van der Waals surface area contributed by atoms with E-state index in [1.54, 1.807) is 0 Å². The van der Waals surface area contributed by atoms with Crippen LogP contribution in [-0.4, -0.2) is 25.8 Å². The van der Waals surface area contributed by atoms with Crippen LogP contribution in [0.4, 0.5) is 10.5 Å². The predicted molar refractivity (Wildman–Crippen MR) is 104 cm³/mol. The van der Waals surface area contributed by atoms with E-state index in [0.717, 1.165) is 27.2 Å². The molecule has 2 aromatic carbocycles. The molecule has 2 amide bonds. The molecule has 2 N–H and O–H groups in total. The third kappa shape index (κ3) is 5.98. The van der Waals surface area contributed by atoms with E-state index in [4.69, 9.17) is 9.47 Å². The smallest absolute Gasteiger partial charge is 0.319 e. The minimum Gasteiger partial charge on any atom is -0.490 e. The number of rotatable bonds is 8. The molecule has 0 atom stereocenters. The van der Waals surface area contributed by atoms with Gasteiger partial charge in [-0.15, -0.1) is 0 Å². The average Bonchev–Trinajstić information content (AvgIpc) is 2.59. The van der Waals surface area contributed by atoms with E-state index < -0.39 is 0 Å². The van der Waals surface area contributed by atoms with Gasteiger partial charge >= 0.3 is 6.03 Å². The summed E-state index contributed by atoms with van der Waals surface area (Å²) in [6.07, 6.45) is 0.704. The van der Waals surface area contributed by atoms with E-state index in [1.165, 1.54) is 0 Å². The van der Waals surface area contributed by atoms with Gasteiger partial charge in [0.1, 0.15) is 0 Å². The largest absolute Gasteiger partial charge is 0.490 e. The maximum atomic E-state index is 12.0. The quantitative estimate of drug-likeness (QED) is 0.672. The summed E-state index contributed by atoms with van der Waals surface area (Å²) in [6, 6.07) is 13.1. The molecule has 0 radical (unpaired) electrons. The molecule has 0 heterocycles. The summed E-state index contributed by atoms with van der Waals surface area (Å²) < 4.78 is 12.0. The Morgan fingerprint density at radius 3 is 2.48 bits per heavy atom. The molecule has 0 saturated carbocycles. The number of para-hydroxylation sites is 1. The van der Waals surface area contributed by atoms with Crippen LogP contribution in [0.1, 0.15) is 19.4 Å². The first-order valence-electron chi connectivity index (χ1n) is 8.32. The van der Waals surface area contributed by atoms with E-state index >= 15 is 0 Å². The van der Waals surface area contributed by atoms with Gasteiger partial charge in [-0.05, 0) is 66.0 Å². The van der Waals surface area contributed by atoms with E-state index in [2.05, 4.69) is 26.6 Å². The van der Waals surface area contributed by atoms with Crippen molar-refractivity contribution < 1.29 is 14.3 Å². The highest BCUT2D eigenvalue weighted by atomic mass is 79.9. The summed E-state index contributed by atoms with van der Waals surface area (Å²) in [7, 11) is 0. The molecule has 6 heteroatoms. The van der Waals surface area contributed by atoms with Gasteiger partial charge < -0.3 is 20.1 Å². The van der Waals surface area contributed by atoms with Crippen LogP contribution < -0.4 is 20.1 Å². The molecule has 0 aromatic heterocycles. The summed E-state index contributed by atoms with van der Waals surface area (Å²) in [4.78, 5) is 12.0. The van der Waals surface area contributed by atoms with Gasteiger partial charge in [-0.3, -0.25) is 0 Å². The Morgan fingerprint density at radius 1 is 1.04 bits per heavy atom. The third-order valence-electron chi connectivity index (χ3n) is 3.43. The van der Waals surface area contributed by atoms with Crippen molar-refractivity contribution in [1.82, 2.24) is 5.32 Å². The molecule has 2 aromatic rings. The topological polar surface area (TPSA) is 59.6 Å². The van der Waals surface area contributed by atoms with Crippen LogP contribution in [-0.2, 0) is 6.42 Å². The lowest BCUT2D eigenvalue weighted by Gasteiger charge is -2.13. The molecular formula is C19H23BrN2O3. The third-order valence-corrected chi connectivity index (χ3v) is 4.12. The second-order valence-corrected chi connectivity index (χ2v) is 6.11. The number of halogens is 1. The number of carbonyl (C=O) groups excluding carboxylic acids is 1. The van der Waals surface area contributed by atoms with Gasteiger partial charge in [0.2, 0.25) is 0 Å². The van der Waals surface area contributed by atoms with E-state index in [0.29, 0.717) is 26.2 Å². The highest BCUT2D eigenvalue weighted by Crippen LogP contribution is 2.28. The Balaban J connectivity index is 1.87. The number of urea groups is 1. The predicted octanol–water partition coefficient (Wildman–Crippen LogP) is 4.61. The molecule has 5 nitrogen and oxygen atoms in total. The van der Waals surface area contributed by atoms with E-state index in [-0.39, 0.29) is 6.03 Å². The number of hydrogen-bond donors (Lipinski definition) is 2. The molecule has 0 aliphatic heterocycles. The van der Waals surface area contributed by atoms with Gasteiger partial charge in [0, 0.05) is 11.0 Å². The molecule has 0 spiro atoms. The SMILES string of the molecule is CCOc1ccc(CCNC(=O)Nc2ccccc2Br)cc1OCC. The number of ether oxygens (including phenoxy) is 2. The second kappa shape index (κ2) is 9.93. The summed E-state index contributed by atoms with van der Waals surface area (Å²) in [5.74, 6) is 1.48. The molecule has 25 heavy (non-hydrogen) atoms. The Labute approximate surface area is 156 Å². The van der Waals surface area contributed by atoms with Crippen LogP contribution in [0, 0.1) is 0 Å². The zero-order chi connectivity index (χ0) is 18.1. The fraction of sp³-hybridized carbons (Fsp3) is 0.316. The van der Waals surface area contributed by atoms with Gasteiger partial charge in [0.25, 0.3) is 0 Å². The lowest BCUT2D eigenvalue weighted by molar-refractivity contribution is 0.252. The summed E-state index contributed by atoms with van der Waals surface area (Å²) in [5, 5.41) is 5.67. The zero-order valence-corrected chi connectivity index (χ0v) is 16.1. The number of benzene rings is 2. The number of anilines is 1. The monoisotopic (exact) mass is 406 g/mol. The molecule has 2 rings (SSSR count). The van der Waals surface area contributed by atoms with E-state index in [1.807, 2.05) is 56.3 Å². The van der Waals surface area contributed by atoms with Crippen molar-refractivity contribution in [3.05, 3.63) is 52.5 Å². The van der Waals surface area contributed by atoms with Gasteiger partial charge in [-0.2, -0.15) is 0 Å². The molecule has 0 aliphatic carbocycles. The zero-order valence-electron chi connectivity index (χ0n) is 14.5. The van der Waals surface area contributed by atoms with E-state index in [9.17, 15) is 4.79 Å². The van der Waals surface area contributed by atoms with Crippen molar-refractivity contribution in [1.29, 1.82) is 0 Å². The highest BCUT2D eigenvalue weighted by molar-refractivity contribution is 9.10. The van der Waals surface area contributed by atoms with Crippen LogP contribution >= 0.6 is 15.9 Å². The first-order chi connectivity index (χ1) is 12.1. The Morgan fingerprint density at radius 2 is 1.76 bits per heavy atom. The minimum absolute atomic E-state index is 0.233. The first-order valence-corrected chi connectivity index (χ1v) is 9.11. The van der Waals surface area contributed by atoms with Gasteiger partial charge in [-0.1, -0.05) is 18.2 Å². The molecular weight excluding hydrogens is 384 g/mol. The molecule has 0 bridgehead atoms. The van der Waals surface area contributed by atoms with Crippen LogP contribution in [0.15, 0.2) is 46.9 Å². The molecule has 0 fully saturated rings.